The van der Waals surface area contributed by atoms with Crippen molar-refractivity contribution in [3.8, 4) is 0 Å². The van der Waals surface area contributed by atoms with Crippen LogP contribution in [0.4, 0.5) is 11.8 Å². The molecule has 1 fully saturated rings. The molecule has 4 rings (SSSR count). The van der Waals surface area contributed by atoms with Gasteiger partial charge in [-0.05, 0) is 62.1 Å². The number of carbonyl (C=O) groups excluding carboxylic acids is 1. The molecule has 8 heteroatoms. The zero-order valence-corrected chi connectivity index (χ0v) is 15.8. The Morgan fingerprint density at radius 2 is 2.04 bits per heavy atom. The van der Waals surface area contributed by atoms with Gasteiger partial charge in [-0.2, -0.15) is 4.98 Å². The average Bonchev–Trinajstić information content (AvgIpc) is 2.68. The third kappa shape index (κ3) is 4.22. The number of aliphatic hydroxyl groups excluding tert-OH is 1. The van der Waals surface area contributed by atoms with E-state index in [0.717, 1.165) is 38.5 Å². The van der Waals surface area contributed by atoms with Crippen molar-refractivity contribution in [1.29, 1.82) is 0 Å². The number of nitrogens with two attached hydrogens (primary N) is 1. The van der Waals surface area contributed by atoms with E-state index in [0.29, 0.717) is 18.2 Å². The topological polar surface area (TPSA) is 126 Å². The van der Waals surface area contributed by atoms with Gasteiger partial charge in [0.25, 0.3) is 5.91 Å². The molecule has 1 saturated carbocycles. The van der Waals surface area contributed by atoms with Gasteiger partial charge in [0.2, 0.25) is 5.95 Å². The van der Waals surface area contributed by atoms with Crippen LogP contribution in [-0.2, 0) is 12.8 Å². The number of amides is 1. The number of fused-ring (bicyclic) bond motifs is 1. The van der Waals surface area contributed by atoms with Gasteiger partial charge in [0.1, 0.15) is 5.82 Å². The lowest BCUT2D eigenvalue weighted by Crippen LogP contribution is -2.32. The van der Waals surface area contributed by atoms with Crippen molar-refractivity contribution in [2.45, 2.75) is 63.1 Å². The van der Waals surface area contributed by atoms with Gasteiger partial charge in [-0.25, -0.2) is 4.98 Å². The molecule has 1 amide bonds. The molecule has 0 radical (unpaired) electrons. The molecule has 2 aliphatic rings. The number of primary amides is 1. The lowest BCUT2D eigenvalue weighted by molar-refractivity contribution is 0.100. The number of aliphatic hydroxyl groups is 1. The van der Waals surface area contributed by atoms with E-state index in [4.69, 9.17) is 5.73 Å². The van der Waals surface area contributed by atoms with Crippen LogP contribution in [0.2, 0.25) is 0 Å². The molecule has 3 atom stereocenters. The van der Waals surface area contributed by atoms with Gasteiger partial charge in [-0.15, -0.1) is 0 Å². The summed E-state index contributed by atoms with van der Waals surface area (Å²) in [6, 6.07) is 2.35. The highest BCUT2D eigenvalue weighted by Crippen LogP contribution is 2.25. The second-order valence-corrected chi connectivity index (χ2v) is 7.71. The molecule has 2 heterocycles. The van der Waals surface area contributed by atoms with Gasteiger partial charge < -0.3 is 21.5 Å². The highest BCUT2D eigenvalue weighted by Gasteiger charge is 2.24. The highest BCUT2D eigenvalue weighted by molar-refractivity contribution is 5.97. The standard InChI is InChI=1S/C20H26N6O2/c21-18(28)17-11-23-20(26-19(17)24-14-2-1-3-16(27)9-14)25-15-5-4-13-10-22-7-6-12(13)8-15/h6-7,10-11,14-16,27H,1-5,8-9H2,(H2,21,28)(H2,23,24,25,26)/t14-,15-,16+/m1/s1. The minimum Gasteiger partial charge on any atom is -0.393 e. The van der Waals surface area contributed by atoms with Crippen molar-refractivity contribution >= 4 is 17.7 Å². The third-order valence-electron chi connectivity index (χ3n) is 5.61. The number of carbonyl (C=O) groups is 1. The van der Waals surface area contributed by atoms with Gasteiger partial charge in [0, 0.05) is 30.7 Å². The molecule has 8 nitrogen and oxygen atoms in total. The Bertz CT molecular complexity index is 858. The number of aryl methyl sites for hydroxylation is 1. The third-order valence-corrected chi connectivity index (χ3v) is 5.61. The van der Waals surface area contributed by atoms with Gasteiger partial charge in [-0.3, -0.25) is 9.78 Å². The van der Waals surface area contributed by atoms with Crippen molar-refractivity contribution in [3.05, 3.63) is 41.3 Å². The molecule has 0 saturated heterocycles. The van der Waals surface area contributed by atoms with Crippen LogP contribution in [0.5, 0.6) is 0 Å². The van der Waals surface area contributed by atoms with Crippen molar-refractivity contribution < 1.29 is 9.90 Å². The number of rotatable bonds is 5. The van der Waals surface area contributed by atoms with Gasteiger partial charge in [-0.1, -0.05) is 0 Å². The maximum absolute atomic E-state index is 11.8. The number of hydrogen-bond donors (Lipinski definition) is 4. The summed E-state index contributed by atoms with van der Waals surface area (Å²) in [4.78, 5) is 24.8. The molecule has 0 bridgehead atoms. The monoisotopic (exact) mass is 382 g/mol. The van der Waals surface area contributed by atoms with Gasteiger partial charge in [0.15, 0.2) is 0 Å². The molecule has 0 aliphatic heterocycles. The van der Waals surface area contributed by atoms with E-state index in [2.05, 4.69) is 31.7 Å². The van der Waals surface area contributed by atoms with Crippen molar-refractivity contribution in [3.63, 3.8) is 0 Å². The molecule has 0 aromatic carbocycles. The predicted molar refractivity (Wildman–Crippen MR) is 106 cm³/mol. The Hall–Kier alpha value is -2.74. The first kappa shape index (κ1) is 18.6. The van der Waals surface area contributed by atoms with Crippen LogP contribution in [0.1, 0.15) is 53.6 Å². The van der Waals surface area contributed by atoms with Gasteiger partial charge >= 0.3 is 0 Å². The predicted octanol–water partition coefficient (Wildman–Crippen LogP) is 1.66. The second kappa shape index (κ2) is 8.10. The van der Waals surface area contributed by atoms with E-state index in [1.165, 1.54) is 17.3 Å². The molecular weight excluding hydrogens is 356 g/mol. The number of pyridine rings is 1. The van der Waals surface area contributed by atoms with Gasteiger partial charge in [0.05, 0.1) is 11.7 Å². The van der Waals surface area contributed by atoms with Crippen LogP contribution in [0.3, 0.4) is 0 Å². The molecule has 2 aromatic heterocycles. The van der Waals surface area contributed by atoms with Crippen LogP contribution in [0.15, 0.2) is 24.7 Å². The largest absolute Gasteiger partial charge is 0.393 e. The van der Waals surface area contributed by atoms with Crippen LogP contribution in [0.25, 0.3) is 0 Å². The van der Waals surface area contributed by atoms with E-state index >= 15 is 0 Å². The number of hydrogen-bond acceptors (Lipinski definition) is 7. The first-order chi connectivity index (χ1) is 13.6. The first-order valence-corrected chi connectivity index (χ1v) is 9.88. The summed E-state index contributed by atoms with van der Waals surface area (Å²) in [7, 11) is 0. The molecule has 0 spiro atoms. The summed E-state index contributed by atoms with van der Waals surface area (Å²) >= 11 is 0. The summed E-state index contributed by atoms with van der Waals surface area (Å²) < 4.78 is 0. The van der Waals surface area contributed by atoms with Crippen molar-refractivity contribution in [1.82, 2.24) is 15.0 Å². The Morgan fingerprint density at radius 3 is 2.86 bits per heavy atom. The molecule has 2 aromatic rings. The fourth-order valence-electron chi connectivity index (χ4n) is 4.11. The summed E-state index contributed by atoms with van der Waals surface area (Å²) in [5.41, 5.74) is 8.36. The SMILES string of the molecule is NC(=O)c1cnc(N[C@@H]2CCc3cnccc3C2)nc1N[C@@H]1CCC[C@H](O)C1. The fourth-order valence-corrected chi connectivity index (χ4v) is 4.11. The maximum Gasteiger partial charge on any atom is 0.254 e. The van der Waals surface area contributed by atoms with Crippen LogP contribution in [0, 0.1) is 0 Å². The Morgan fingerprint density at radius 1 is 1.14 bits per heavy atom. The van der Waals surface area contributed by atoms with E-state index in [1.54, 1.807) is 0 Å². The lowest BCUT2D eigenvalue weighted by Gasteiger charge is -2.28. The molecule has 0 unspecified atom stereocenters. The normalized spacial score (nSPS) is 24.2. The molecule has 28 heavy (non-hydrogen) atoms. The zero-order valence-electron chi connectivity index (χ0n) is 15.8. The average molecular weight is 382 g/mol. The van der Waals surface area contributed by atoms with E-state index in [-0.39, 0.29) is 23.8 Å². The molecule has 2 aliphatic carbocycles. The minimum absolute atomic E-state index is 0.0682. The smallest absolute Gasteiger partial charge is 0.254 e. The van der Waals surface area contributed by atoms with Crippen LogP contribution < -0.4 is 16.4 Å². The zero-order chi connectivity index (χ0) is 19.5. The lowest BCUT2D eigenvalue weighted by atomic mass is 9.90. The summed E-state index contributed by atoms with van der Waals surface area (Å²) in [6.45, 7) is 0. The van der Waals surface area contributed by atoms with Crippen molar-refractivity contribution in [2.24, 2.45) is 5.73 Å². The highest BCUT2D eigenvalue weighted by atomic mass is 16.3. The van der Waals surface area contributed by atoms with E-state index in [1.807, 2.05) is 12.4 Å². The first-order valence-electron chi connectivity index (χ1n) is 9.88. The number of nitrogens with one attached hydrogen (secondary N) is 2. The summed E-state index contributed by atoms with van der Waals surface area (Å²) in [5.74, 6) is 0.348. The number of aromatic nitrogens is 3. The Balaban J connectivity index is 1.49. The molecule has 148 valence electrons. The fraction of sp³-hybridized carbons (Fsp3) is 0.500. The van der Waals surface area contributed by atoms with Crippen LogP contribution in [-0.4, -0.2) is 44.2 Å². The van der Waals surface area contributed by atoms with Crippen molar-refractivity contribution in [2.75, 3.05) is 10.6 Å². The second-order valence-electron chi connectivity index (χ2n) is 7.71. The van der Waals surface area contributed by atoms with E-state index < -0.39 is 5.91 Å². The quantitative estimate of drug-likeness (QED) is 0.619. The Labute approximate surface area is 164 Å². The van der Waals surface area contributed by atoms with E-state index in [9.17, 15) is 9.90 Å². The summed E-state index contributed by atoms with van der Waals surface area (Å²) in [5, 5.41) is 16.6. The number of anilines is 2. The maximum atomic E-state index is 11.8. The summed E-state index contributed by atoms with van der Waals surface area (Å²) in [6.07, 6.45) is 11.0. The number of nitrogens with zero attached hydrogens (tertiary/aromatic N) is 3. The van der Waals surface area contributed by atoms with Crippen LogP contribution >= 0.6 is 0 Å². The Kier molecular flexibility index (Phi) is 5.38. The minimum atomic E-state index is -0.565. The molecule has 5 N–H and O–H groups in total. The molecular formula is C20H26N6O2.